The highest BCUT2D eigenvalue weighted by atomic mass is 19.4. The van der Waals surface area contributed by atoms with Crippen molar-refractivity contribution < 1.29 is 45.4 Å². The van der Waals surface area contributed by atoms with Gasteiger partial charge in [-0.3, -0.25) is 9.59 Å². The molecule has 2 fully saturated rings. The predicted octanol–water partition coefficient (Wildman–Crippen LogP) is 5.79. The summed E-state index contributed by atoms with van der Waals surface area (Å²) in [6.45, 7) is 0. The van der Waals surface area contributed by atoms with Gasteiger partial charge in [0.15, 0.2) is 0 Å². The quantitative estimate of drug-likeness (QED) is 0.505. The summed E-state index contributed by atoms with van der Waals surface area (Å²) in [6, 6.07) is 2.27. The van der Waals surface area contributed by atoms with Crippen LogP contribution < -0.4 is 5.32 Å². The average molecular weight is 509 g/mol. The molecule has 0 spiro atoms. The molecule has 11 heteroatoms. The Kier molecular flexibility index (Phi) is 6.59. The van der Waals surface area contributed by atoms with Gasteiger partial charge < -0.3 is 10.4 Å². The standard InChI is InChI=1S/C24H26F7NO3/c25-22(23(26,27)28,24(29,30)31)15-6-8-16-14(11-15)5-7-18-17(16)9-10-19(18)32-20(33)12-1-3-13(4-2-12)21(34)35/h6,8,11-13,17-19H,1-5,7,9-10H2,(H,32,33)(H,34,35)/t12-,13-,17-,18+,19+/m0/s1. The lowest BCUT2D eigenvalue weighted by atomic mass is 9.74. The Morgan fingerprint density at radius 3 is 2.00 bits per heavy atom. The number of rotatable bonds is 4. The molecular weight excluding hydrogens is 483 g/mol. The maximum absolute atomic E-state index is 14.5. The van der Waals surface area contributed by atoms with E-state index in [1.54, 1.807) is 0 Å². The molecule has 1 aromatic rings. The first kappa shape index (κ1) is 25.8. The zero-order valence-electron chi connectivity index (χ0n) is 18.7. The van der Waals surface area contributed by atoms with Crippen molar-refractivity contribution in [1.82, 2.24) is 5.32 Å². The summed E-state index contributed by atoms with van der Waals surface area (Å²) in [4.78, 5) is 23.9. The van der Waals surface area contributed by atoms with Gasteiger partial charge in [-0.2, -0.15) is 26.3 Å². The molecule has 3 aliphatic carbocycles. The molecule has 0 saturated heterocycles. The van der Waals surface area contributed by atoms with Crippen molar-refractivity contribution >= 4 is 11.9 Å². The lowest BCUT2D eigenvalue weighted by Crippen LogP contribution is -2.50. The van der Waals surface area contributed by atoms with E-state index in [1.165, 1.54) is 6.07 Å². The van der Waals surface area contributed by atoms with Gasteiger partial charge in [0.25, 0.3) is 0 Å². The average Bonchev–Trinajstić information content (AvgIpc) is 3.19. The number of aliphatic carboxylic acids is 1. The minimum Gasteiger partial charge on any atom is -0.481 e. The summed E-state index contributed by atoms with van der Waals surface area (Å²) in [5, 5.41) is 12.2. The lowest BCUT2D eigenvalue weighted by Gasteiger charge is -2.35. The number of alkyl halides is 7. The third-order valence-corrected chi connectivity index (χ3v) is 8.07. The van der Waals surface area contributed by atoms with E-state index in [1.807, 2.05) is 0 Å². The minimum atomic E-state index is -6.15. The molecule has 0 unspecified atom stereocenters. The van der Waals surface area contributed by atoms with E-state index >= 15 is 0 Å². The number of carboxylic acids is 1. The van der Waals surface area contributed by atoms with Crippen molar-refractivity contribution in [3.8, 4) is 0 Å². The highest BCUT2D eigenvalue weighted by Gasteiger charge is 2.73. The van der Waals surface area contributed by atoms with Gasteiger partial charge in [-0.15, -0.1) is 0 Å². The van der Waals surface area contributed by atoms with Crippen molar-refractivity contribution in [2.45, 2.75) is 81.3 Å². The van der Waals surface area contributed by atoms with Crippen LogP contribution in [0.5, 0.6) is 0 Å². The highest BCUT2D eigenvalue weighted by Crippen LogP contribution is 2.55. The summed E-state index contributed by atoms with van der Waals surface area (Å²) in [6.07, 6.45) is -8.60. The van der Waals surface area contributed by atoms with Gasteiger partial charge in [-0.25, -0.2) is 4.39 Å². The van der Waals surface area contributed by atoms with Crippen LogP contribution in [-0.2, 0) is 21.7 Å². The predicted molar refractivity (Wildman–Crippen MR) is 110 cm³/mol. The van der Waals surface area contributed by atoms with E-state index in [9.17, 15) is 40.3 Å². The Labute approximate surface area is 197 Å². The van der Waals surface area contributed by atoms with Crippen LogP contribution >= 0.6 is 0 Å². The maximum atomic E-state index is 14.5. The molecule has 1 aromatic carbocycles. The van der Waals surface area contributed by atoms with Crippen LogP contribution in [0.25, 0.3) is 0 Å². The number of hydrogen-bond donors (Lipinski definition) is 2. The fourth-order valence-corrected chi connectivity index (χ4v) is 6.15. The molecule has 0 radical (unpaired) electrons. The number of amides is 1. The molecule has 0 aromatic heterocycles. The molecule has 0 aliphatic heterocycles. The summed E-state index contributed by atoms with van der Waals surface area (Å²) in [5.74, 6) is -1.88. The Bertz CT molecular complexity index is 968. The first-order valence-corrected chi connectivity index (χ1v) is 11.7. The molecular formula is C24H26F7NO3. The zero-order chi connectivity index (χ0) is 25.8. The first-order valence-electron chi connectivity index (χ1n) is 11.7. The monoisotopic (exact) mass is 509 g/mol. The number of hydrogen-bond acceptors (Lipinski definition) is 2. The lowest BCUT2D eigenvalue weighted by molar-refractivity contribution is -0.348. The molecule has 1 amide bonds. The summed E-state index contributed by atoms with van der Waals surface area (Å²) in [7, 11) is 0. The van der Waals surface area contributed by atoms with Crippen LogP contribution in [-0.4, -0.2) is 35.4 Å². The molecule has 2 saturated carbocycles. The molecule has 0 heterocycles. The van der Waals surface area contributed by atoms with E-state index in [0.29, 0.717) is 62.6 Å². The fraction of sp³-hybridized carbons (Fsp3) is 0.667. The normalized spacial score (nSPS) is 29.3. The summed E-state index contributed by atoms with van der Waals surface area (Å²) in [5.41, 5.74) is -6.03. The topological polar surface area (TPSA) is 66.4 Å². The van der Waals surface area contributed by atoms with Crippen LogP contribution in [0.4, 0.5) is 30.7 Å². The number of aryl methyl sites for hydroxylation is 1. The molecule has 3 aliphatic rings. The maximum Gasteiger partial charge on any atom is 0.435 e. The largest absolute Gasteiger partial charge is 0.481 e. The summed E-state index contributed by atoms with van der Waals surface area (Å²) < 4.78 is 93.4. The number of benzene rings is 1. The smallest absolute Gasteiger partial charge is 0.435 e. The second-order valence-electron chi connectivity index (χ2n) is 9.96. The minimum absolute atomic E-state index is 0.0203. The molecule has 0 bridgehead atoms. The molecule has 4 nitrogen and oxygen atoms in total. The number of fused-ring (bicyclic) bond motifs is 3. The van der Waals surface area contributed by atoms with Crippen molar-refractivity contribution in [3.05, 3.63) is 34.9 Å². The van der Waals surface area contributed by atoms with Gasteiger partial charge in [0.2, 0.25) is 5.91 Å². The van der Waals surface area contributed by atoms with E-state index in [0.717, 1.165) is 0 Å². The molecule has 35 heavy (non-hydrogen) atoms. The van der Waals surface area contributed by atoms with Gasteiger partial charge in [0, 0.05) is 17.5 Å². The molecule has 2 N–H and O–H groups in total. The number of carboxylic acid groups (broad SMARTS) is 1. The van der Waals surface area contributed by atoms with Crippen LogP contribution in [0.1, 0.15) is 67.6 Å². The fourth-order valence-electron chi connectivity index (χ4n) is 6.15. The van der Waals surface area contributed by atoms with Crippen LogP contribution in [0.2, 0.25) is 0 Å². The van der Waals surface area contributed by atoms with Gasteiger partial charge >= 0.3 is 24.0 Å². The van der Waals surface area contributed by atoms with Crippen LogP contribution in [0.3, 0.4) is 0 Å². The third-order valence-electron chi connectivity index (χ3n) is 8.07. The van der Waals surface area contributed by atoms with E-state index in [-0.39, 0.29) is 41.7 Å². The van der Waals surface area contributed by atoms with Crippen molar-refractivity contribution in [2.75, 3.05) is 0 Å². The van der Waals surface area contributed by atoms with E-state index in [2.05, 4.69) is 5.32 Å². The van der Waals surface area contributed by atoms with Crippen molar-refractivity contribution in [2.24, 2.45) is 17.8 Å². The number of nitrogens with one attached hydrogen (secondary N) is 1. The number of carbonyl (C=O) groups is 2. The second kappa shape index (κ2) is 8.96. The summed E-state index contributed by atoms with van der Waals surface area (Å²) >= 11 is 0. The third kappa shape index (κ3) is 4.50. The zero-order valence-corrected chi connectivity index (χ0v) is 18.7. The van der Waals surface area contributed by atoms with Gasteiger partial charge in [-0.05, 0) is 74.3 Å². The molecule has 3 atom stereocenters. The van der Waals surface area contributed by atoms with Gasteiger partial charge in [-0.1, -0.05) is 18.2 Å². The van der Waals surface area contributed by atoms with Crippen LogP contribution in [0, 0.1) is 17.8 Å². The molecule has 194 valence electrons. The second-order valence-corrected chi connectivity index (χ2v) is 9.96. The van der Waals surface area contributed by atoms with Crippen molar-refractivity contribution in [3.63, 3.8) is 0 Å². The number of halogens is 7. The van der Waals surface area contributed by atoms with Crippen LogP contribution in [0.15, 0.2) is 18.2 Å². The van der Waals surface area contributed by atoms with E-state index in [4.69, 9.17) is 5.11 Å². The van der Waals surface area contributed by atoms with Gasteiger partial charge in [0.1, 0.15) is 0 Å². The van der Waals surface area contributed by atoms with E-state index < -0.39 is 35.5 Å². The Balaban J connectivity index is 1.47. The van der Waals surface area contributed by atoms with Gasteiger partial charge in [0.05, 0.1) is 5.92 Å². The Morgan fingerprint density at radius 2 is 1.43 bits per heavy atom. The Morgan fingerprint density at radius 1 is 0.829 bits per heavy atom. The van der Waals surface area contributed by atoms with Crippen molar-refractivity contribution in [1.29, 1.82) is 0 Å². The highest BCUT2D eigenvalue weighted by molar-refractivity contribution is 5.79. The SMILES string of the molecule is O=C(O)[C@H]1CC[C@H](C(=O)N[C@@H]2CC[C@H]3c4ccc(C(F)(C(F)(F)F)C(F)(F)F)cc4CC[C@@H]23)CC1. The first-order chi connectivity index (χ1) is 16.2. The Hall–Kier alpha value is -2.33. The molecule has 4 rings (SSSR count). The number of carbonyl (C=O) groups excluding carboxylic acids is 1.